The van der Waals surface area contributed by atoms with Crippen molar-refractivity contribution in [2.45, 2.75) is 6.92 Å². The van der Waals surface area contributed by atoms with Crippen molar-refractivity contribution in [3.8, 4) is 6.07 Å². The molecule has 3 rings (SSSR count). The fourth-order valence-electron chi connectivity index (χ4n) is 2.39. The molecule has 5 heteroatoms. The third-order valence-electron chi connectivity index (χ3n) is 3.55. The van der Waals surface area contributed by atoms with E-state index in [0.717, 1.165) is 42.6 Å². The number of nitriles is 1. The first kappa shape index (κ1) is 14.8. The molecule has 1 aliphatic rings. The lowest BCUT2D eigenvalue weighted by molar-refractivity contribution is 0.122. The van der Waals surface area contributed by atoms with Crippen LogP contribution in [0.15, 0.2) is 29.6 Å². The van der Waals surface area contributed by atoms with Crippen LogP contribution in [0.2, 0.25) is 0 Å². The van der Waals surface area contributed by atoms with E-state index in [1.165, 1.54) is 17.0 Å². The Labute approximate surface area is 134 Å². The van der Waals surface area contributed by atoms with Gasteiger partial charge in [-0.15, -0.1) is 11.3 Å². The predicted octanol–water partition coefficient (Wildman–Crippen LogP) is 3.35. The Kier molecular flexibility index (Phi) is 4.52. The molecule has 22 heavy (non-hydrogen) atoms. The quantitative estimate of drug-likeness (QED) is 0.816. The highest BCUT2D eigenvalue weighted by Gasteiger charge is 2.11. The van der Waals surface area contributed by atoms with Gasteiger partial charge in [-0.2, -0.15) is 5.26 Å². The van der Waals surface area contributed by atoms with Gasteiger partial charge in [-0.3, -0.25) is 0 Å². The molecule has 0 radical (unpaired) electrons. The third kappa shape index (κ3) is 3.35. The van der Waals surface area contributed by atoms with E-state index >= 15 is 0 Å². The maximum atomic E-state index is 9.33. The molecule has 1 fully saturated rings. The summed E-state index contributed by atoms with van der Waals surface area (Å²) in [6, 6.07) is 10.5. The number of rotatable bonds is 3. The minimum absolute atomic E-state index is 0.609. The molecule has 0 bridgehead atoms. The van der Waals surface area contributed by atoms with Crippen molar-refractivity contribution >= 4 is 28.7 Å². The summed E-state index contributed by atoms with van der Waals surface area (Å²) in [6.45, 7) is 5.35. The molecule has 0 unspecified atom stereocenters. The third-order valence-corrected chi connectivity index (χ3v) is 4.54. The standard InChI is InChI=1S/C17H17N3OS/c1-13-12-22-17(19-13)15(11-18)10-14-2-4-16(5-3-14)20-6-8-21-9-7-20/h2-5,10,12H,6-9H2,1H3. The Morgan fingerprint density at radius 2 is 2.05 bits per heavy atom. The molecule has 1 aromatic heterocycles. The molecular formula is C17H17N3OS. The van der Waals surface area contributed by atoms with E-state index in [1.54, 1.807) is 0 Å². The smallest absolute Gasteiger partial charge is 0.134 e. The molecule has 0 amide bonds. The van der Waals surface area contributed by atoms with E-state index in [9.17, 15) is 5.26 Å². The fourth-order valence-corrected chi connectivity index (χ4v) is 3.15. The van der Waals surface area contributed by atoms with Crippen molar-refractivity contribution in [1.82, 2.24) is 4.98 Å². The first-order chi connectivity index (χ1) is 10.8. The molecule has 2 heterocycles. The Morgan fingerprint density at radius 1 is 1.32 bits per heavy atom. The van der Waals surface area contributed by atoms with Crippen molar-refractivity contribution in [3.63, 3.8) is 0 Å². The number of hydrogen-bond donors (Lipinski definition) is 0. The lowest BCUT2D eigenvalue weighted by Crippen LogP contribution is -2.36. The van der Waals surface area contributed by atoms with Crippen molar-refractivity contribution in [2.24, 2.45) is 0 Å². The molecule has 1 aromatic carbocycles. The lowest BCUT2D eigenvalue weighted by Gasteiger charge is -2.28. The molecule has 1 aliphatic heterocycles. The maximum absolute atomic E-state index is 9.33. The number of morpholine rings is 1. The van der Waals surface area contributed by atoms with Gasteiger partial charge in [0.15, 0.2) is 0 Å². The van der Waals surface area contributed by atoms with Crippen molar-refractivity contribution < 1.29 is 4.74 Å². The molecule has 0 atom stereocenters. The summed E-state index contributed by atoms with van der Waals surface area (Å²) < 4.78 is 5.37. The number of ether oxygens (including phenoxy) is 1. The Hall–Kier alpha value is -2.16. The summed E-state index contributed by atoms with van der Waals surface area (Å²) in [7, 11) is 0. The van der Waals surface area contributed by atoms with Gasteiger partial charge in [-0.1, -0.05) is 12.1 Å². The normalized spacial score (nSPS) is 15.6. The van der Waals surface area contributed by atoms with Crippen LogP contribution >= 0.6 is 11.3 Å². The number of anilines is 1. The zero-order chi connectivity index (χ0) is 15.4. The van der Waals surface area contributed by atoms with Gasteiger partial charge in [0, 0.05) is 29.9 Å². The van der Waals surface area contributed by atoms with Gasteiger partial charge < -0.3 is 9.64 Å². The van der Waals surface area contributed by atoms with Gasteiger partial charge in [0.1, 0.15) is 11.1 Å². The summed E-state index contributed by atoms with van der Waals surface area (Å²) in [4.78, 5) is 6.69. The molecule has 112 valence electrons. The molecule has 4 nitrogen and oxygen atoms in total. The summed E-state index contributed by atoms with van der Waals surface area (Å²) in [5, 5.41) is 12.1. The average molecular weight is 311 g/mol. The summed E-state index contributed by atoms with van der Waals surface area (Å²) in [5.41, 5.74) is 3.77. The second-order valence-corrected chi connectivity index (χ2v) is 6.01. The molecule has 0 spiro atoms. The van der Waals surface area contributed by atoms with E-state index < -0.39 is 0 Å². The van der Waals surface area contributed by atoms with Crippen molar-refractivity contribution in [1.29, 1.82) is 5.26 Å². The van der Waals surface area contributed by atoms with Crippen LogP contribution in [0, 0.1) is 18.3 Å². The highest BCUT2D eigenvalue weighted by atomic mass is 32.1. The Bertz CT molecular complexity index is 706. The van der Waals surface area contributed by atoms with Crippen LogP contribution in [-0.2, 0) is 4.74 Å². The van der Waals surface area contributed by atoms with Crippen LogP contribution in [0.4, 0.5) is 5.69 Å². The summed E-state index contributed by atoms with van der Waals surface area (Å²) in [5.74, 6) is 0. The number of aromatic nitrogens is 1. The van der Waals surface area contributed by atoms with Crippen LogP contribution in [0.25, 0.3) is 11.6 Å². The van der Waals surface area contributed by atoms with E-state index in [1.807, 2.05) is 30.5 Å². The van der Waals surface area contributed by atoms with Gasteiger partial charge in [-0.05, 0) is 30.7 Å². The number of allylic oxidation sites excluding steroid dienone is 1. The zero-order valence-electron chi connectivity index (χ0n) is 12.5. The number of aryl methyl sites for hydroxylation is 1. The largest absolute Gasteiger partial charge is 0.378 e. The Balaban J connectivity index is 1.80. The first-order valence-corrected chi connectivity index (χ1v) is 8.11. The number of hydrogen-bond acceptors (Lipinski definition) is 5. The minimum Gasteiger partial charge on any atom is -0.378 e. The summed E-state index contributed by atoms with van der Waals surface area (Å²) in [6.07, 6.45) is 1.89. The molecule has 0 saturated carbocycles. The van der Waals surface area contributed by atoms with Gasteiger partial charge in [0.25, 0.3) is 0 Å². The van der Waals surface area contributed by atoms with Crippen LogP contribution in [-0.4, -0.2) is 31.3 Å². The topological polar surface area (TPSA) is 49.2 Å². The van der Waals surface area contributed by atoms with Crippen LogP contribution in [0.1, 0.15) is 16.3 Å². The molecule has 0 N–H and O–H groups in total. The fraction of sp³-hybridized carbons (Fsp3) is 0.294. The van der Waals surface area contributed by atoms with Gasteiger partial charge in [-0.25, -0.2) is 4.98 Å². The SMILES string of the molecule is Cc1csc(C(C#N)=Cc2ccc(N3CCOCC3)cc2)n1. The zero-order valence-corrected chi connectivity index (χ0v) is 13.3. The molecule has 2 aromatic rings. The molecule has 0 aliphatic carbocycles. The minimum atomic E-state index is 0.609. The second-order valence-electron chi connectivity index (χ2n) is 5.15. The van der Waals surface area contributed by atoms with E-state index in [-0.39, 0.29) is 0 Å². The monoisotopic (exact) mass is 311 g/mol. The highest BCUT2D eigenvalue weighted by molar-refractivity contribution is 7.11. The number of thiazole rings is 1. The van der Waals surface area contributed by atoms with Crippen molar-refractivity contribution in [3.05, 3.63) is 45.9 Å². The lowest BCUT2D eigenvalue weighted by atomic mass is 10.1. The molecule has 1 saturated heterocycles. The van der Waals surface area contributed by atoms with Gasteiger partial charge in [0.05, 0.1) is 18.8 Å². The predicted molar refractivity (Wildman–Crippen MR) is 89.8 cm³/mol. The van der Waals surface area contributed by atoms with Crippen LogP contribution in [0.3, 0.4) is 0 Å². The van der Waals surface area contributed by atoms with E-state index in [2.05, 4.69) is 28.1 Å². The van der Waals surface area contributed by atoms with Crippen molar-refractivity contribution in [2.75, 3.05) is 31.2 Å². The second kappa shape index (κ2) is 6.73. The average Bonchev–Trinajstić information content (AvgIpc) is 3.00. The van der Waals surface area contributed by atoms with Crippen LogP contribution in [0.5, 0.6) is 0 Å². The van der Waals surface area contributed by atoms with Crippen LogP contribution < -0.4 is 4.90 Å². The Morgan fingerprint density at radius 3 is 2.64 bits per heavy atom. The first-order valence-electron chi connectivity index (χ1n) is 7.23. The van der Waals surface area contributed by atoms with E-state index in [0.29, 0.717) is 5.57 Å². The van der Waals surface area contributed by atoms with Gasteiger partial charge >= 0.3 is 0 Å². The number of nitrogens with zero attached hydrogens (tertiary/aromatic N) is 3. The molecular weight excluding hydrogens is 294 g/mol. The summed E-state index contributed by atoms with van der Waals surface area (Å²) >= 11 is 1.50. The van der Waals surface area contributed by atoms with Gasteiger partial charge in [0.2, 0.25) is 0 Å². The maximum Gasteiger partial charge on any atom is 0.134 e. The van der Waals surface area contributed by atoms with E-state index in [4.69, 9.17) is 4.74 Å². The highest BCUT2D eigenvalue weighted by Crippen LogP contribution is 2.23. The number of benzene rings is 1.